The molecule has 0 aromatic carbocycles. The second-order valence-electron chi connectivity index (χ2n) is 7.96. The molecule has 2 rings (SSSR count). The predicted molar refractivity (Wildman–Crippen MR) is 131 cm³/mol. The smallest absolute Gasteiger partial charge is 0.161 e. The molecule has 164 valence electrons. The van der Waals surface area contributed by atoms with E-state index in [9.17, 15) is 0 Å². The van der Waals surface area contributed by atoms with Gasteiger partial charge in [-0.15, -0.1) is 0 Å². The Morgan fingerprint density at radius 1 is 1.33 bits per heavy atom. The van der Waals surface area contributed by atoms with Crippen LogP contribution in [0, 0.1) is 0 Å². The van der Waals surface area contributed by atoms with Crippen LogP contribution in [-0.2, 0) is 0 Å². The van der Waals surface area contributed by atoms with E-state index < -0.39 is 0 Å². The van der Waals surface area contributed by atoms with E-state index in [4.69, 9.17) is 9.98 Å². The van der Waals surface area contributed by atoms with Gasteiger partial charge in [0.1, 0.15) is 0 Å². The molecule has 0 amide bonds. The maximum absolute atomic E-state index is 4.73. The highest BCUT2D eigenvalue weighted by atomic mass is 15.2. The quantitative estimate of drug-likeness (QED) is 0.616. The zero-order valence-corrected chi connectivity index (χ0v) is 19.8. The number of hydrogen-bond donors (Lipinski definition) is 2. The summed E-state index contributed by atoms with van der Waals surface area (Å²) in [5.41, 5.74) is 7.22. The highest BCUT2D eigenvalue weighted by molar-refractivity contribution is 6.20. The van der Waals surface area contributed by atoms with Gasteiger partial charge in [-0.05, 0) is 59.2 Å². The Morgan fingerprint density at radius 3 is 2.73 bits per heavy atom. The highest BCUT2D eigenvalue weighted by Crippen LogP contribution is 2.30. The SMILES string of the molecule is C/C=C\NC(/C(C)=C(\C)CC)=C1C=NC(=N\C=C\CC)/C/1=C(\C)N1CCNC(C)C1. The molecule has 0 aromatic rings. The van der Waals surface area contributed by atoms with E-state index in [1.807, 2.05) is 31.6 Å². The lowest BCUT2D eigenvalue weighted by molar-refractivity contribution is 0.255. The van der Waals surface area contributed by atoms with Crippen molar-refractivity contribution in [2.24, 2.45) is 9.98 Å². The number of nitrogens with zero attached hydrogens (tertiary/aromatic N) is 3. The van der Waals surface area contributed by atoms with Crippen molar-refractivity contribution in [2.45, 2.75) is 67.3 Å². The van der Waals surface area contributed by atoms with E-state index in [0.717, 1.165) is 55.2 Å². The number of aliphatic imine (C=N–C) groups is 2. The summed E-state index contributed by atoms with van der Waals surface area (Å²) in [7, 11) is 0. The Morgan fingerprint density at radius 2 is 2.10 bits per heavy atom. The minimum absolute atomic E-state index is 0.467. The summed E-state index contributed by atoms with van der Waals surface area (Å²) in [6.07, 6.45) is 11.9. The summed E-state index contributed by atoms with van der Waals surface area (Å²) >= 11 is 0. The van der Waals surface area contributed by atoms with E-state index in [1.165, 1.54) is 16.8 Å². The normalized spacial score (nSPS) is 25.5. The van der Waals surface area contributed by atoms with Crippen LogP contribution in [0.5, 0.6) is 0 Å². The van der Waals surface area contributed by atoms with Gasteiger partial charge in [-0.3, -0.25) is 0 Å². The van der Waals surface area contributed by atoms with E-state index in [-0.39, 0.29) is 0 Å². The molecule has 2 aliphatic heterocycles. The first kappa shape index (κ1) is 23.9. The molecule has 30 heavy (non-hydrogen) atoms. The summed E-state index contributed by atoms with van der Waals surface area (Å²) in [5.74, 6) is 0.792. The molecule has 0 aliphatic carbocycles. The molecule has 2 heterocycles. The fraction of sp³-hybridized carbons (Fsp3) is 0.520. The van der Waals surface area contributed by atoms with Gasteiger partial charge < -0.3 is 15.5 Å². The second-order valence-corrected chi connectivity index (χ2v) is 7.96. The molecule has 2 N–H and O–H groups in total. The van der Waals surface area contributed by atoms with Crippen molar-refractivity contribution in [3.8, 4) is 0 Å². The third kappa shape index (κ3) is 5.82. The first-order chi connectivity index (χ1) is 14.4. The Kier molecular flexibility index (Phi) is 9.31. The fourth-order valence-electron chi connectivity index (χ4n) is 3.68. The molecule has 2 aliphatic rings. The summed E-state index contributed by atoms with van der Waals surface area (Å²) < 4.78 is 0. The van der Waals surface area contributed by atoms with Crippen LogP contribution in [0.25, 0.3) is 0 Å². The van der Waals surface area contributed by atoms with Gasteiger partial charge in [-0.25, -0.2) is 9.98 Å². The minimum atomic E-state index is 0.467. The Labute approximate surface area is 183 Å². The topological polar surface area (TPSA) is 52.0 Å². The summed E-state index contributed by atoms with van der Waals surface area (Å²) in [6.45, 7) is 18.1. The molecular formula is C25H39N5. The summed E-state index contributed by atoms with van der Waals surface area (Å²) in [4.78, 5) is 11.9. The van der Waals surface area contributed by atoms with Crippen molar-refractivity contribution >= 4 is 12.1 Å². The number of rotatable bonds is 7. The molecular weight excluding hydrogens is 370 g/mol. The Balaban J connectivity index is 2.69. The van der Waals surface area contributed by atoms with Crippen molar-refractivity contribution in [2.75, 3.05) is 19.6 Å². The van der Waals surface area contributed by atoms with Gasteiger partial charge in [-0.2, -0.15) is 0 Å². The van der Waals surface area contributed by atoms with Crippen LogP contribution in [-0.4, -0.2) is 42.6 Å². The molecule has 0 radical (unpaired) electrons. The van der Waals surface area contributed by atoms with E-state index in [0.29, 0.717) is 6.04 Å². The van der Waals surface area contributed by atoms with Gasteiger partial charge in [0.05, 0.1) is 5.70 Å². The number of amidine groups is 1. The van der Waals surface area contributed by atoms with Crippen molar-refractivity contribution in [3.63, 3.8) is 0 Å². The van der Waals surface area contributed by atoms with Gasteiger partial charge in [0, 0.05) is 54.9 Å². The van der Waals surface area contributed by atoms with Crippen LogP contribution in [0.4, 0.5) is 0 Å². The predicted octanol–water partition coefficient (Wildman–Crippen LogP) is 5.08. The van der Waals surface area contributed by atoms with Gasteiger partial charge in [0.25, 0.3) is 0 Å². The highest BCUT2D eigenvalue weighted by Gasteiger charge is 2.27. The Bertz CT molecular complexity index is 820. The largest absolute Gasteiger partial charge is 0.372 e. The maximum atomic E-state index is 4.73. The number of nitrogens with one attached hydrogen (secondary N) is 2. The van der Waals surface area contributed by atoms with Crippen LogP contribution in [0.2, 0.25) is 0 Å². The van der Waals surface area contributed by atoms with E-state index in [2.05, 4.69) is 63.2 Å². The number of hydrogen-bond acceptors (Lipinski definition) is 4. The van der Waals surface area contributed by atoms with Gasteiger partial charge in [0.15, 0.2) is 5.84 Å². The molecule has 5 heteroatoms. The summed E-state index contributed by atoms with van der Waals surface area (Å²) in [6, 6.07) is 0.467. The first-order valence-electron chi connectivity index (χ1n) is 11.2. The Hall–Kier alpha value is -2.40. The zero-order chi connectivity index (χ0) is 22.1. The molecule has 0 aromatic heterocycles. The molecule has 1 atom stereocenters. The van der Waals surface area contributed by atoms with Crippen LogP contribution < -0.4 is 10.6 Å². The van der Waals surface area contributed by atoms with Crippen molar-refractivity contribution < 1.29 is 0 Å². The standard InChI is InChI=1S/C25H39N5/c1-8-11-13-28-25-23(21(7)30-15-14-26-19(5)17-30)22(16-29-25)24(27-12-9-2)20(6)18(4)10-3/h9,11-13,16,19,26-27H,8,10,14-15,17H2,1-7H3/b12-9-,13-11+,20-18+,23-21+,24-22-,28-25-. The van der Waals surface area contributed by atoms with Gasteiger partial charge >= 0.3 is 0 Å². The molecule has 1 saturated heterocycles. The molecule has 0 bridgehead atoms. The molecule has 0 spiro atoms. The summed E-state index contributed by atoms with van der Waals surface area (Å²) in [5, 5.41) is 7.06. The van der Waals surface area contributed by atoms with Crippen LogP contribution in [0.1, 0.15) is 61.3 Å². The van der Waals surface area contributed by atoms with E-state index >= 15 is 0 Å². The van der Waals surface area contributed by atoms with Crippen molar-refractivity contribution in [1.82, 2.24) is 15.5 Å². The number of piperazine rings is 1. The second kappa shape index (κ2) is 11.7. The average molecular weight is 410 g/mol. The molecule has 1 unspecified atom stereocenters. The van der Waals surface area contributed by atoms with Gasteiger partial charge in [-0.1, -0.05) is 31.6 Å². The molecule has 5 nitrogen and oxygen atoms in total. The molecule has 1 fully saturated rings. The molecule has 0 saturated carbocycles. The third-order valence-electron chi connectivity index (χ3n) is 5.76. The van der Waals surface area contributed by atoms with Crippen LogP contribution in [0.3, 0.4) is 0 Å². The fourth-order valence-corrected chi connectivity index (χ4v) is 3.68. The monoisotopic (exact) mass is 409 g/mol. The lowest BCUT2D eigenvalue weighted by Crippen LogP contribution is -2.48. The lowest BCUT2D eigenvalue weighted by atomic mass is 9.96. The lowest BCUT2D eigenvalue weighted by Gasteiger charge is -2.35. The minimum Gasteiger partial charge on any atom is -0.372 e. The maximum Gasteiger partial charge on any atom is 0.161 e. The average Bonchev–Trinajstić information content (AvgIpc) is 3.16. The van der Waals surface area contributed by atoms with Crippen molar-refractivity contribution in [3.05, 3.63) is 58.2 Å². The third-order valence-corrected chi connectivity index (χ3v) is 5.76. The van der Waals surface area contributed by atoms with Crippen LogP contribution in [0.15, 0.2) is 68.2 Å². The first-order valence-corrected chi connectivity index (χ1v) is 11.2. The van der Waals surface area contributed by atoms with Crippen LogP contribution >= 0.6 is 0 Å². The van der Waals surface area contributed by atoms with Gasteiger partial charge in [0.2, 0.25) is 0 Å². The van der Waals surface area contributed by atoms with E-state index in [1.54, 1.807) is 0 Å². The number of allylic oxidation sites excluding steroid dienone is 5. The van der Waals surface area contributed by atoms with Crippen molar-refractivity contribution in [1.29, 1.82) is 0 Å². The zero-order valence-electron chi connectivity index (χ0n) is 19.8.